The minimum Gasteiger partial charge on any atom is -0.516 e. The van der Waals surface area contributed by atoms with Gasteiger partial charge in [-0.05, 0) is 81.6 Å². The molecular weight excluding hydrogens is 521 g/mol. The van der Waals surface area contributed by atoms with E-state index in [1.807, 2.05) is 23.8 Å². The lowest BCUT2D eigenvalue weighted by atomic mass is 9.93. The SMILES string of the molecule is Cc1[nH]nc2c(C(F)(F)F)cc(NC(=O)c3ccc4c(c3)nc(CN3CCC(C/C=C\C=C\O)CC3)n4C)cc12. The molecule has 0 spiro atoms. The van der Waals surface area contributed by atoms with Crippen molar-refractivity contribution in [3.8, 4) is 0 Å². The fourth-order valence-electron chi connectivity index (χ4n) is 5.24. The lowest BCUT2D eigenvalue weighted by molar-refractivity contribution is -0.136. The number of H-pyrrole nitrogens is 1. The predicted molar refractivity (Wildman–Crippen MR) is 148 cm³/mol. The number of piperidine rings is 1. The molecule has 40 heavy (non-hydrogen) atoms. The molecule has 5 rings (SSSR count). The summed E-state index contributed by atoms with van der Waals surface area (Å²) < 4.78 is 43.0. The lowest BCUT2D eigenvalue weighted by Crippen LogP contribution is -2.33. The van der Waals surface area contributed by atoms with Crippen LogP contribution in [0, 0.1) is 12.8 Å². The van der Waals surface area contributed by atoms with Gasteiger partial charge in [-0.15, -0.1) is 0 Å². The molecule has 2 aromatic carbocycles. The number of alkyl halides is 3. The minimum absolute atomic E-state index is 0.0416. The molecule has 210 valence electrons. The van der Waals surface area contributed by atoms with Gasteiger partial charge in [0.15, 0.2) is 0 Å². The number of aryl methyl sites for hydroxylation is 2. The number of halogens is 3. The molecule has 1 fully saturated rings. The van der Waals surface area contributed by atoms with E-state index in [-0.39, 0.29) is 11.2 Å². The van der Waals surface area contributed by atoms with E-state index in [9.17, 15) is 18.0 Å². The van der Waals surface area contributed by atoms with E-state index in [0.717, 1.165) is 56.0 Å². The van der Waals surface area contributed by atoms with Crippen molar-refractivity contribution in [3.63, 3.8) is 0 Å². The van der Waals surface area contributed by atoms with Gasteiger partial charge in [0.05, 0.1) is 29.4 Å². The first-order chi connectivity index (χ1) is 19.1. The highest BCUT2D eigenvalue weighted by molar-refractivity contribution is 6.07. The van der Waals surface area contributed by atoms with E-state index >= 15 is 0 Å². The first-order valence-corrected chi connectivity index (χ1v) is 13.1. The third-order valence-corrected chi connectivity index (χ3v) is 7.52. The zero-order chi connectivity index (χ0) is 28.4. The number of aromatic nitrogens is 4. The summed E-state index contributed by atoms with van der Waals surface area (Å²) in [5.41, 5.74) is 1.27. The number of carbonyl (C=O) groups is 1. The van der Waals surface area contributed by atoms with E-state index in [4.69, 9.17) is 10.1 Å². The molecule has 0 atom stereocenters. The number of carbonyl (C=O) groups excluding carboxylic acids is 1. The van der Waals surface area contributed by atoms with Crippen LogP contribution in [0.2, 0.25) is 0 Å². The first kappa shape index (κ1) is 27.4. The highest BCUT2D eigenvalue weighted by atomic mass is 19.4. The van der Waals surface area contributed by atoms with E-state index in [0.29, 0.717) is 34.6 Å². The second-order valence-corrected chi connectivity index (χ2v) is 10.2. The number of aliphatic hydroxyl groups excluding tert-OH is 1. The largest absolute Gasteiger partial charge is 0.516 e. The third-order valence-electron chi connectivity index (χ3n) is 7.52. The normalized spacial score (nSPS) is 15.7. The fourth-order valence-corrected chi connectivity index (χ4v) is 5.24. The lowest BCUT2D eigenvalue weighted by Gasteiger charge is -2.31. The van der Waals surface area contributed by atoms with Crippen molar-refractivity contribution < 1.29 is 23.1 Å². The molecule has 0 saturated carbocycles. The molecule has 0 aliphatic carbocycles. The molecule has 1 amide bonds. The molecule has 0 radical (unpaired) electrons. The Morgan fingerprint density at radius 3 is 2.70 bits per heavy atom. The van der Waals surface area contributed by atoms with Gasteiger partial charge in [-0.25, -0.2) is 4.98 Å². The van der Waals surface area contributed by atoms with Crippen molar-refractivity contribution in [2.45, 2.75) is 38.9 Å². The van der Waals surface area contributed by atoms with Gasteiger partial charge >= 0.3 is 6.18 Å². The standard InChI is InChI=1S/C29H31F3N6O2/c1-18-22-15-21(16-23(29(30,31)32)27(22)36-35-18)33-28(40)20-7-8-25-24(14-20)34-26(37(25)2)17-38-11-9-19(10-12-38)6-4-3-5-13-39/h3-5,7-8,13-16,19,39H,6,9-12,17H2,1-2H3,(H,33,40)(H,35,36)/b4-3-,13-5+. The van der Waals surface area contributed by atoms with Crippen LogP contribution in [-0.4, -0.2) is 48.8 Å². The number of aromatic amines is 1. The van der Waals surface area contributed by atoms with Crippen LogP contribution >= 0.6 is 0 Å². The summed E-state index contributed by atoms with van der Waals surface area (Å²) >= 11 is 0. The van der Waals surface area contributed by atoms with E-state index in [2.05, 4.69) is 26.5 Å². The average Bonchev–Trinajstić information content (AvgIpc) is 3.45. The summed E-state index contributed by atoms with van der Waals surface area (Å²) in [6, 6.07) is 7.53. The number of nitrogens with zero attached hydrogens (tertiary/aromatic N) is 4. The van der Waals surface area contributed by atoms with Crippen molar-refractivity contribution in [2.24, 2.45) is 13.0 Å². The monoisotopic (exact) mass is 552 g/mol. The quantitative estimate of drug-likeness (QED) is 0.186. The van der Waals surface area contributed by atoms with Crippen LogP contribution in [0.15, 0.2) is 54.8 Å². The molecule has 1 aliphatic rings. The van der Waals surface area contributed by atoms with Crippen LogP contribution in [-0.2, 0) is 19.8 Å². The first-order valence-electron chi connectivity index (χ1n) is 13.1. The number of aliphatic hydroxyl groups is 1. The van der Waals surface area contributed by atoms with Crippen LogP contribution < -0.4 is 5.32 Å². The molecular formula is C29H31F3N6O2. The maximum atomic E-state index is 13.7. The van der Waals surface area contributed by atoms with Crippen molar-refractivity contribution in [1.82, 2.24) is 24.6 Å². The molecule has 1 aliphatic heterocycles. The highest BCUT2D eigenvalue weighted by Crippen LogP contribution is 2.37. The summed E-state index contributed by atoms with van der Waals surface area (Å²) in [4.78, 5) is 20.2. The smallest absolute Gasteiger partial charge is 0.418 e. The van der Waals surface area contributed by atoms with Crippen LogP contribution in [0.25, 0.3) is 21.9 Å². The number of fused-ring (bicyclic) bond motifs is 2. The molecule has 0 unspecified atom stereocenters. The van der Waals surface area contributed by atoms with Gasteiger partial charge in [0.25, 0.3) is 5.91 Å². The van der Waals surface area contributed by atoms with Gasteiger partial charge < -0.3 is 15.0 Å². The molecule has 3 N–H and O–H groups in total. The average molecular weight is 553 g/mol. The molecule has 4 aromatic rings. The van der Waals surface area contributed by atoms with Crippen molar-refractivity contribution in [1.29, 1.82) is 0 Å². The van der Waals surface area contributed by atoms with Gasteiger partial charge in [0.2, 0.25) is 0 Å². The summed E-state index contributed by atoms with van der Waals surface area (Å²) in [6.45, 7) is 4.25. The molecule has 1 saturated heterocycles. The Morgan fingerprint density at radius 2 is 1.98 bits per heavy atom. The highest BCUT2D eigenvalue weighted by Gasteiger charge is 2.34. The number of rotatable bonds is 7. The fraction of sp³-hybridized carbons (Fsp3) is 0.345. The van der Waals surface area contributed by atoms with Crippen molar-refractivity contribution in [3.05, 3.63) is 77.5 Å². The van der Waals surface area contributed by atoms with Crippen LogP contribution in [0.1, 0.15) is 46.7 Å². The zero-order valence-electron chi connectivity index (χ0n) is 22.3. The number of imidazole rings is 1. The second-order valence-electron chi connectivity index (χ2n) is 10.2. The third kappa shape index (κ3) is 5.74. The van der Waals surface area contributed by atoms with Crippen LogP contribution in [0.4, 0.5) is 18.9 Å². The number of amides is 1. The number of anilines is 1. The predicted octanol–water partition coefficient (Wildman–Crippen LogP) is 6.26. The topological polar surface area (TPSA) is 99.1 Å². The summed E-state index contributed by atoms with van der Waals surface area (Å²) in [6.07, 6.45) is 5.12. The van der Waals surface area contributed by atoms with Gasteiger partial charge in [-0.1, -0.05) is 12.2 Å². The van der Waals surface area contributed by atoms with Crippen LogP contribution in [0.5, 0.6) is 0 Å². The number of benzene rings is 2. The summed E-state index contributed by atoms with van der Waals surface area (Å²) in [5, 5.41) is 18.0. The van der Waals surface area contributed by atoms with E-state index in [1.54, 1.807) is 25.1 Å². The number of allylic oxidation sites excluding steroid dienone is 3. The van der Waals surface area contributed by atoms with Gasteiger partial charge in [0, 0.05) is 29.4 Å². The van der Waals surface area contributed by atoms with E-state index < -0.39 is 17.6 Å². The second kappa shape index (κ2) is 11.2. The maximum Gasteiger partial charge on any atom is 0.418 e. The van der Waals surface area contributed by atoms with E-state index in [1.165, 1.54) is 6.07 Å². The Balaban J connectivity index is 1.29. The Hall–Kier alpha value is -4.12. The molecule has 0 bridgehead atoms. The molecule has 8 nitrogen and oxygen atoms in total. The Kier molecular flexibility index (Phi) is 7.66. The summed E-state index contributed by atoms with van der Waals surface area (Å²) in [7, 11) is 1.94. The van der Waals surface area contributed by atoms with Crippen molar-refractivity contribution >= 4 is 33.5 Å². The number of likely N-dealkylation sites (tertiary alicyclic amines) is 1. The maximum absolute atomic E-state index is 13.7. The summed E-state index contributed by atoms with van der Waals surface area (Å²) in [5.74, 6) is 0.981. The molecule has 11 heteroatoms. The molecule has 3 heterocycles. The number of hydrogen-bond donors (Lipinski definition) is 3. The number of hydrogen-bond acceptors (Lipinski definition) is 5. The molecule has 2 aromatic heterocycles. The van der Waals surface area contributed by atoms with Gasteiger partial charge in [-0.2, -0.15) is 18.3 Å². The zero-order valence-corrected chi connectivity index (χ0v) is 22.3. The number of nitrogens with one attached hydrogen (secondary N) is 2. The van der Waals surface area contributed by atoms with Gasteiger partial charge in [-0.3, -0.25) is 14.8 Å². The van der Waals surface area contributed by atoms with Gasteiger partial charge in [0.1, 0.15) is 11.3 Å². The minimum atomic E-state index is -4.62. The van der Waals surface area contributed by atoms with Crippen LogP contribution in [0.3, 0.4) is 0 Å². The Morgan fingerprint density at radius 1 is 1.20 bits per heavy atom. The Labute approximate surface area is 229 Å². The van der Waals surface area contributed by atoms with Crippen molar-refractivity contribution in [2.75, 3.05) is 18.4 Å². The Bertz CT molecular complexity index is 1590.